The van der Waals surface area contributed by atoms with Crippen LogP contribution >= 0.6 is 0 Å². The van der Waals surface area contributed by atoms with E-state index in [4.69, 9.17) is 4.74 Å². The number of hydrogen-bond donors (Lipinski definition) is 0. The van der Waals surface area contributed by atoms with Crippen LogP contribution in [-0.4, -0.2) is 24.5 Å². The van der Waals surface area contributed by atoms with E-state index in [0.29, 0.717) is 12.0 Å². The Morgan fingerprint density at radius 1 is 1.33 bits per heavy atom. The number of carbonyl (C=O) groups excluding carboxylic acids is 2. The number of ether oxygens (including phenoxy) is 1. The van der Waals surface area contributed by atoms with Crippen molar-refractivity contribution in [3.05, 3.63) is 29.8 Å². The molecule has 0 N–H and O–H groups in total. The minimum atomic E-state index is -0.582. The molecule has 0 saturated carbocycles. The highest BCUT2D eigenvalue weighted by Gasteiger charge is 2.23. The fourth-order valence-electron chi connectivity index (χ4n) is 1.53. The normalized spacial score (nSPS) is 10.9. The molecule has 0 heterocycles. The van der Waals surface area contributed by atoms with Crippen molar-refractivity contribution in [2.75, 3.05) is 11.4 Å². The van der Waals surface area contributed by atoms with Crippen LogP contribution in [0.15, 0.2) is 24.3 Å². The summed E-state index contributed by atoms with van der Waals surface area (Å²) in [7, 11) is 0. The van der Waals surface area contributed by atoms with Crippen LogP contribution < -0.4 is 4.90 Å². The van der Waals surface area contributed by atoms with Crippen molar-refractivity contribution in [2.45, 2.75) is 33.3 Å². The number of aryl methyl sites for hydroxylation is 1. The highest BCUT2D eigenvalue weighted by atomic mass is 16.6. The van der Waals surface area contributed by atoms with Gasteiger partial charge < -0.3 is 9.53 Å². The average molecular weight is 249 g/mol. The van der Waals surface area contributed by atoms with Crippen LogP contribution in [0.4, 0.5) is 10.5 Å². The first kappa shape index (κ1) is 14.2. The zero-order valence-electron chi connectivity index (χ0n) is 11.3. The van der Waals surface area contributed by atoms with Gasteiger partial charge in [0.15, 0.2) is 0 Å². The molecule has 0 spiro atoms. The summed E-state index contributed by atoms with van der Waals surface area (Å²) in [5.41, 5.74) is 1.03. The Balaban J connectivity index is 3.00. The van der Waals surface area contributed by atoms with Crippen molar-refractivity contribution >= 4 is 18.1 Å². The SMILES string of the molecule is Cc1ccccc1N(CC=O)C(=O)OC(C)(C)C. The van der Waals surface area contributed by atoms with Gasteiger partial charge in [-0.1, -0.05) is 18.2 Å². The van der Waals surface area contributed by atoms with Gasteiger partial charge in [0.25, 0.3) is 0 Å². The van der Waals surface area contributed by atoms with Crippen LogP contribution in [0, 0.1) is 6.92 Å². The van der Waals surface area contributed by atoms with Gasteiger partial charge in [0.05, 0.1) is 12.2 Å². The summed E-state index contributed by atoms with van der Waals surface area (Å²) in [5, 5.41) is 0. The summed E-state index contributed by atoms with van der Waals surface area (Å²) >= 11 is 0. The standard InChI is InChI=1S/C14H19NO3/c1-11-7-5-6-8-12(11)15(9-10-16)13(17)18-14(2,3)4/h5-8,10H,9H2,1-4H3. The Morgan fingerprint density at radius 2 is 1.94 bits per heavy atom. The molecule has 18 heavy (non-hydrogen) atoms. The van der Waals surface area contributed by atoms with E-state index >= 15 is 0 Å². The molecule has 1 rings (SSSR count). The highest BCUT2D eigenvalue weighted by molar-refractivity contribution is 5.91. The summed E-state index contributed by atoms with van der Waals surface area (Å²) in [6, 6.07) is 7.39. The first-order valence-corrected chi connectivity index (χ1v) is 5.85. The predicted molar refractivity (Wildman–Crippen MR) is 70.8 cm³/mol. The van der Waals surface area contributed by atoms with Crippen molar-refractivity contribution in [1.82, 2.24) is 0 Å². The Kier molecular flexibility index (Phi) is 4.48. The van der Waals surface area contributed by atoms with Gasteiger partial charge in [-0.3, -0.25) is 4.90 Å². The second-order valence-electron chi connectivity index (χ2n) is 5.04. The minimum absolute atomic E-state index is 0.0141. The molecule has 4 heteroatoms. The zero-order valence-corrected chi connectivity index (χ0v) is 11.3. The number of nitrogens with zero attached hydrogens (tertiary/aromatic N) is 1. The number of hydrogen-bond acceptors (Lipinski definition) is 3. The molecule has 0 unspecified atom stereocenters. The van der Waals surface area contributed by atoms with E-state index in [1.165, 1.54) is 4.90 Å². The van der Waals surface area contributed by atoms with Gasteiger partial charge in [-0.25, -0.2) is 4.79 Å². The monoisotopic (exact) mass is 249 g/mol. The molecule has 0 radical (unpaired) electrons. The smallest absolute Gasteiger partial charge is 0.415 e. The van der Waals surface area contributed by atoms with Gasteiger partial charge in [-0.2, -0.15) is 0 Å². The Hall–Kier alpha value is -1.84. The summed E-state index contributed by atoms with van der Waals surface area (Å²) in [4.78, 5) is 24.1. The third kappa shape index (κ3) is 3.87. The predicted octanol–water partition coefficient (Wildman–Crippen LogP) is 2.94. The fraction of sp³-hybridized carbons (Fsp3) is 0.429. The number of anilines is 1. The van der Waals surface area contributed by atoms with Crippen molar-refractivity contribution < 1.29 is 14.3 Å². The maximum Gasteiger partial charge on any atom is 0.415 e. The first-order valence-electron chi connectivity index (χ1n) is 5.85. The second kappa shape index (κ2) is 5.67. The molecular weight excluding hydrogens is 230 g/mol. The molecular formula is C14H19NO3. The third-order valence-corrected chi connectivity index (χ3v) is 2.28. The fourth-order valence-corrected chi connectivity index (χ4v) is 1.53. The molecule has 98 valence electrons. The molecule has 1 aromatic rings. The van der Waals surface area contributed by atoms with E-state index in [1.807, 2.05) is 25.1 Å². The van der Waals surface area contributed by atoms with Crippen molar-refractivity contribution in [3.63, 3.8) is 0 Å². The summed E-state index contributed by atoms with van der Waals surface area (Å²) < 4.78 is 5.29. The number of para-hydroxylation sites is 1. The third-order valence-electron chi connectivity index (χ3n) is 2.28. The quantitative estimate of drug-likeness (QED) is 0.774. The molecule has 0 atom stereocenters. The van der Waals surface area contributed by atoms with Crippen molar-refractivity contribution in [1.29, 1.82) is 0 Å². The molecule has 0 bridgehead atoms. The van der Waals surface area contributed by atoms with Crippen LogP contribution in [0.25, 0.3) is 0 Å². The van der Waals surface area contributed by atoms with E-state index in [-0.39, 0.29) is 6.54 Å². The molecule has 0 aromatic heterocycles. The van der Waals surface area contributed by atoms with Crippen LogP contribution in [0.1, 0.15) is 26.3 Å². The van der Waals surface area contributed by atoms with E-state index in [2.05, 4.69) is 0 Å². The summed E-state index contributed by atoms with van der Waals surface area (Å²) in [5.74, 6) is 0. The van der Waals surface area contributed by atoms with Crippen LogP contribution in [0.5, 0.6) is 0 Å². The second-order valence-corrected chi connectivity index (χ2v) is 5.04. The topological polar surface area (TPSA) is 46.6 Å². The van der Waals surface area contributed by atoms with E-state index in [0.717, 1.165) is 5.56 Å². The molecule has 0 fully saturated rings. The molecule has 0 aliphatic carbocycles. The van der Waals surface area contributed by atoms with E-state index < -0.39 is 11.7 Å². The molecule has 1 aromatic carbocycles. The lowest BCUT2D eigenvalue weighted by Gasteiger charge is -2.27. The average Bonchev–Trinajstić information content (AvgIpc) is 2.24. The molecule has 0 saturated heterocycles. The van der Waals surface area contributed by atoms with Crippen LogP contribution in [-0.2, 0) is 9.53 Å². The molecule has 1 amide bonds. The molecule has 0 aliphatic rings. The molecule has 0 aliphatic heterocycles. The van der Waals surface area contributed by atoms with Gasteiger partial charge in [0.1, 0.15) is 11.9 Å². The van der Waals surface area contributed by atoms with Gasteiger partial charge in [-0.05, 0) is 39.3 Å². The van der Waals surface area contributed by atoms with Crippen molar-refractivity contribution in [2.24, 2.45) is 0 Å². The number of benzene rings is 1. The van der Waals surface area contributed by atoms with Gasteiger partial charge in [-0.15, -0.1) is 0 Å². The zero-order chi connectivity index (χ0) is 13.8. The number of aldehydes is 1. The lowest BCUT2D eigenvalue weighted by Crippen LogP contribution is -2.38. The van der Waals surface area contributed by atoms with Crippen LogP contribution in [0.3, 0.4) is 0 Å². The Morgan fingerprint density at radius 3 is 2.44 bits per heavy atom. The number of amides is 1. The van der Waals surface area contributed by atoms with Gasteiger partial charge >= 0.3 is 6.09 Å². The maximum atomic E-state index is 12.0. The lowest BCUT2D eigenvalue weighted by atomic mass is 10.2. The lowest BCUT2D eigenvalue weighted by molar-refractivity contribution is -0.106. The maximum absolute atomic E-state index is 12.0. The van der Waals surface area contributed by atoms with Crippen LogP contribution in [0.2, 0.25) is 0 Å². The molecule has 4 nitrogen and oxygen atoms in total. The Labute approximate surface area is 108 Å². The number of rotatable bonds is 3. The van der Waals surface area contributed by atoms with Gasteiger partial charge in [0.2, 0.25) is 0 Å². The van der Waals surface area contributed by atoms with E-state index in [9.17, 15) is 9.59 Å². The first-order chi connectivity index (χ1) is 8.35. The minimum Gasteiger partial charge on any atom is -0.443 e. The van der Waals surface area contributed by atoms with Gasteiger partial charge in [0, 0.05) is 0 Å². The van der Waals surface area contributed by atoms with Crippen molar-refractivity contribution in [3.8, 4) is 0 Å². The highest BCUT2D eigenvalue weighted by Crippen LogP contribution is 2.21. The largest absolute Gasteiger partial charge is 0.443 e. The number of carbonyl (C=O) groups is 2. The summed E-state index contributed by atoms with van der Waals surface area (Å²) in [6.07, 6.45) is 0.181. The Bertz CT molecular complexity index is 435. The van der Waals surface area contributed by atoms with E-state index in [1.54, 1.807) is 26.8 Å². The summed E-state index contributed by atoms with van der Waals surface area (Å²) in [6.45, 7) is 7.25.